The summed E-state index contributed by atoms with van der Waals surface area (Å²) in [5, 5.41) is 5.61. The van der Waals surface area contributed by atoms with E-state index >= 15 is 0 Å². The fraction of sp³-hybridized carbons (Fsp3) is 0.182. The zero-order valence-corrected chi connectivity index (χ0v) is 18.5. The molecular weight excluding hydrogens is 402 g/mol. The molecule has 0 saturated heterocycles. The molecule has 6 N–H and O–H groups in total. The molecule has 2 aromatic carbocycles. The molecule has 0 unspecified atom stereocenters. The largest absolute Gasteiger partial charge is 0.405 e. The van der Waals surface area contributed by atoms with Gasteiger partial charge in [-0.1, -0.05) is 48.9 Å². The van der Waals surface area contributed by atoms with Crippen molar-refractivity contribution in [1.82, 2.24) is 0 Å². The normalized spacial score (nSPS) is 12.6. The minimum absolute atomic E-state index is 0.680. The molecule has 0 amide bonds. The Balaban J connectivity index is 0.000000447. The number of hydrogen-bond donors (Lipinski definition) is 3. The van der Waals surface area contributed by atoms with E-state index in [0.717, 1.165) is 33.9 Å². The van der Waals surface area contributed by atoms with Gasteiger partial charge >= 0.3 is 0 Å². The molecule has 0 heterocycles. The summed E-state index contributed by atoms with van der Waals surface area (Å²) in [5.74, 6) is 5.61. The van der Waals surface area contributed by atoms with Gasteiger partial charge in [0.25, 0.3) is 0 Å². The molecule has 0 aromatic heterocycles. The van der Waals surface area contributed by atoms with Gasteiger partial charge in [-0.3, -0.25) is 0 Å². The zero-order chi connectivity index (χ0) is 21.6. The monoisotopic (exact) mass is 429 g/mol. The van der Waals surface area contributed by atoms with Crippen LogP contribution in [0.4, 0.5) is 5.69 Å². The Kier molecular flexibility index (Phi) is 11.3. The highest BCUT2D eigenvalue weighted by Crippen LogP contribution is 2.24. The van der Waals surface area contributed by atoms with Gasteiger partial charge < -0.3 is 17.3 Å². The van der Waals surface area contributed by atoms with Gasteiger partial charge in [0.15, 0.2) is 0 Å². The summed E-state index contributed by atoms with van der Waals surface area (Å²) in [7, 11) is 0. The number of rotatable bonds is 5. The number of benzene rings is 2. The first-order chi connectivity index (χ1) is 14.0. The minimum Gasteiger partial charge on any atom is -0.405 e. The number of thioether (sulfide) groups is 1. The summed E-state index contributed by atoms with van der Waals surface area (Å²) in [6.07, 6.45) is 7.77. The maximum absolute atomic E-state index is 5.93. The van der Waals surface area contributed by atoms with Crippen LogP contribution in [-0.4, -0.2) is 17.0 Å². The standard InChI is InChI=1S/C16H16ClN3S.C6H12N2/c1-11(21-2)19-15-6-4-3-5-14(15)16(20-18)12-7-9-13(17)10-8-12;1-2-6(5-8)3-4-7/h3-10H,18H2,1-2H3;3-5H,2,7-8H2,1H3/b19-11?,20-16-;4-3-,6-5-. The van der Waals surface area contributed by atoms with E-state index in [9.17, 15) is 0 Å². The van der Waals surface area contributed by atoms with Crippen molar-refractivity contribution in [3.05, 3.63) is 88.7 Å². The molecule has 0 atom stereocenters. The number of hydrazone groups is 1. The SMILES string of the molecule is CCC(/C=C\N)=C/N.CSC(C)=Nc1ccccc1/C(=N\N)c1ccc(Cl)cc1. The number of nitrogens with two attached hydrogens (primary N) is 3. The lowest BCUT2D eigenvalue weighted by molar-refractivity contribution is 1.13. The first-order valence-corrected chi connectivity index (χ1v) is 10.6. The zero-order valence-electron chi connectivity index (χ0n) is 17.0. The van der Waals surface area contributed by atoms with Crippen molar-refractivity contribution >= 4 is 39.8 Å². The van der Waals surface area contributed by atoms with Crippen LogP contribution in [0, 0.1) is 0 Å². The van der Waals surface area contributed by atoms with Gasteiger partial charge in [-0.25, -0.2) is 4.99 Å². The van der Waals surface area contributed by atoms with E-state index < -0.39 is 0 Å². The third-order valence-corrected chi connectivity index (χ3v) is 4.85. The summed E-state index contributed by atoms with van der Waals surface area (Å²) in [5.41, 5.74) is 14.7. The van der Waals surface area contributed by atoms with Gasteiger partial charge in [-0.05, 0) is 61.8 Å². The van der Waals surface area contributed by atoms with Crippen LogP contribution in [-0.2, 0) is 0 Å². The molecule has 0 bridgehead atoms. The van der Waals surface area contributed by atoms with Crippen LogP contribution >= 0.6 is 23.4 Å². The van der Waals surface area contributed by atoms with E-state index in [1.807, 2.05) is 68.6 Å². The van der Waals surface area contributed by atoms with E-state index in [2.05, 4.69) is 10.1 Å². The molecule has 0 spiro atoms. The molecule has 2 rings (SSSR count). The molecule has 0 saturated carbocycles. The average Bonchev–Trinajstić information content (AvgIpc) is 2.75. The topological polar surface area (TPSA) is 103 Å². The molecular formula is C22H28ClN5S. The molecule has 7 heteroatoms. The predicted molar refractivity (Wildman–Crippen MR) is 130 cm³/mol. The highest BCUT2D eigenvalue weighted by Gasteiger charge is 2.11. The van der Waals surface area contributed by atoms with Gasteiger partial charge in [0.2, 0.25) is 0 Å². The van der Waals surface area contributed by atoms with Gasteiger partial charge in [0.05, 0.1) is 16.4 Å². The third kappa shape index (κ3) is 8.05. The third-order valence-electron chi connectivity index (χ3n) is 3.91. The van der Waals surface area contributed by atoms with Gasteiger partial charge in [0, 0.05) is 16.1 Å². The van der Waals surface area contributed by atoms with Gasteiger partial charge in [-0.2, -0.15) is 5.10 Å². The maximum Gasteiger partial charge on any atom is 0.0993 e. The Hall–Kier alpha value is -2.70. The highest BCUT2D eigenvalue weighted by molar-refractivity contribution is 8.13. The number of hydrogen-bond acceptors (Lipinski definition) is 6. The molecule has 2 aromatic rings. The quantitative estimate of drug-likeness (QED) is 0.200. The van der Waals surface area contributed by atoms with Crippen LogP contribution in [0.2, 0.25) is 5.02 Å². The molecule has 0 radical (unpaired) electrons. The van der Waals surface area contributed by atoms with Crippen LogP contribution in [0.3, 0.4) is 0 Å². The van der Waals surface area contributed by atoms with Crippen molar-refractivity contribution < 1.29 is 0 Å². The first-order valence-electron chi connectivity index (χ1n) is 9.02. The molecule has 29 heavy (non-hydrogen) atoms. The number of halogens is 1. The average molecular weight is 430 g/mol. The van der Waals surface area contributed by atoms with Crippen molar-refractivity contribution in [2.45, 2.75) is 20.3 Å². The van der Waals surface area contributed by atoms with E-state index in [-0.39, 0.29) is 0 Å². The molecule has 0 aliphatic carbocycles. The van der Waals surface area contributed by atoms with Crippen LogP contribution in [0.25, 0.3) is 0 Å². The second-order valence-corrected chi connectivity index (χ2v) is 7.23. The van der Waals surface area contributed by atoms with Gasteiger partial charge in [0.1, 0.15) is 0 Å². The number of nitrogens with zero attached hydrogens (tertiary/aromatic N) is 2. The van der Waals surface area contributed by atoms with Crippen LogP contribution < -0.4 is 17.3 Å². The van der Waals surface area contributed by atoms with Crippen LogP contribution in [0.5, 0.6) is 0 Å². The second kappa shape index (κ2) is 13.5. The van der Waals surface area contributed by atoms with E-state index in [0.29, 0.717) is 10.7 Å². The number of para-hydroxylation sites is 1. The fourth-order valence-corrected chi connectivity index (χ4v) is 2.62. The lowest BCUT2D eigenvalue weighted by Gasteiger charge is -2.09. The smallest absolute Gasteiger partial charge is 0.0993 e. The van der Waals surface area contributed by atoms with E-state index in [1.54, 1.807) is 24.0 Å². The van der Waals surface area contributed by atoms with E-state index in [1.165, 1.54) is 6.20 Å². The summed E-state index contributed by atoms with van der Waals surface area (Å²) in [4.78, 5) is 4.61. The van der Waals surface area contributed by atoms with E-state index in [4.69, 9.17) is 28.9 Å². The van der Waals surface area contributed by atoms with Crippen molar-refractivity contribution in [3.8, 4) is 0 Å². The van der Waals surface area contributed by atoms with Gasteiger partial charge in [-0.15, -0.1) is 11.8 Å². The Labute approximate surface area is 182 Å². The Morgan fingerprint density at radius 2 is 1.76 bits per heavy atom. The molecule has 5 nitrogen and oxygen atoms in total. The summed E-state index contributed by atoms with van der Waals surface area (Å²) in [6, 6.07) is 15.3. The summed E-state index contributed by atoms with van der Waals surface area (Å²) in [6.45, 7) is 4.00. The van der Waals surface area contributed by atoms with Crippen molar-refractivity contribution in [1.29, 1.82) is 0 Å². The van der Waals surface area contributed by atoms with Crippen molar-refractivity contribution in [2.24, 2.45) is 27.4 Å². The lowest BCUT2D eigenvalue weighted by Crippen LogP contribution is -2.06. The summed E-state index contributed by atoms with van der Waals surface area (Å²) < 4.78 is 0. The Morgan fingerprint density at radius 3 is 2.24 bits per heavy atom. The number of aliphatic imine (C=N–C) groups is 1. The molecule has 154 valence electrons. The number of allylic oxidation sites excluding steroid dienone is 2. The van der Waals surface area contributed by atoms with Crippen LogP contribution in [0.15, 0.2) is 82.7 Å². The molecule has 0 fully saturated rings. The predicted octanol–water partition coefficient (Wildman–Crippen LogP) is 5.18. The summed E-state index contributed by atoms with van der Waals surface area (Å²) >= 11 is 7.54. The van der Waals surface area contributed by atoms with Crippen LogP contribution in [0.1, 0.15) is 31.4 Å². The van der Waals surface area contributed by atoms with Crippen molar-refractivity contribution in [3.63, 3.8) is 0 Å². The molecule has 0 aliphatic heterocycles. The second-order valence-electron chi connectivity index (χ2n) is 5.79. The first kappa shape index (κ1) is 24.3. The molecule has 0 aliphatic rings. The minimum atomic E-state index is 0.680. The Bertz CT molecular complexity index is 884. The fourth-order valence-electron chi connectivity index (χ4n) is 2.31. The van der Waals surface area contributed by atoms with Crippen molar-refractivity contribution in [2.75, 3.05) is 6.26 Å². The lowest BCUT2D eigenvalue weighted by atomic mass is 10.0. The maximum atomic E-state index is 5.93. The Morgan fingerprint density at radius 1 is 1.10 bits per heavy atom. The highest BCUT2D eigenvalue weighted by atomic mass is 35.5.